The quantitative estimate of drug-likeness (QED) is 0.684. The van der Waals surface area contributed by atoms with E-state index < -0.39 is 0 Å². The van der Waals surface area contributed by atoms with E-state index in [1.54, 1.807) is 6.33 Å². The Hall–Kier alpha value is -1.44. The third kappa shape index (κ3) is 1.94. The Balaban J connectivity index is 1.98. The molecule has 0 amide bonds. The molecule has 0 aromatic carbocycles. The lowest BCUT2D eigenvalue weighted by Gasteiger charge is -2.15. The summed E-state index contributed by atoms with van der Waals surface area (Å²) in [5.74, 6) is 0.197. The Morgan fingerprint density at radius 1 is 1.47 bits per heavy atom. The number of rotatable bonds is 4. The Labute approximate surface area is 114 Å². The van der Waals surface area contributed by atoms with Gasteiger partial charge in [0.25, 0.3) is 0 Å². The maximum atomic E-state index is 9.51. The van der Waals surface area contributed by atoms with Crippen LogP contribution in [0.4, 0.5) is 5.95 Å². The van der Waals surface area contributed by atoms with Crippen molar-refractivity contribution >= 4 is 28.7 Å². The molecular formula is C11H14ClN5O2. The fourth-order valence-electron chi connectivity index (χ4n) is 2.54. The molecule has 1 saturated carbocycles. The molecule has 8 heteroatoms. The molecule has 2 aromatic rings. The summed E-state index contributed by atoms with van der Waals surface area (Å²) in [6.45, 7) is 0.619. The lowest BCUT2D eigenvalue weighted by atomic mass is 10.1. The molecule has 7 nitrogen and oxygen atoms in total. The smallest absolute Gasteiger partial charge is 0.223 e. The average Bonchev–Trinajstić information content (AvgIpc) is 2.94. The van der Waals surface area contributed by atoms with Gasteiger partial charge in [-0.15, -0.1) is 0 Å². The second-order valence-corrected chi connectivity index (χ2v) is 5.38. The zero-order valence-electron chi connectivity index (χ0n) is 10.1. The number of nitrogens with two attached hydrogens (primary N) is 1. The van der Waals surface area contributed by atoms with Crippen molar-refractivity contribution < 1.29 is 10.2 Å². The number of aliphatic hydroxyl groups excluding tert-OH is 2. The first-order valence-electron chi connectivity index (χ1n) is 5.95. The van der Waals surface area contributed by atoms with Gasteiger partial charge in [-0.25, -0.2) is 4.98 Å². The van der Waals surface area contributed by atoms with E-state index in [4.69, 9.17) is 17.3 Å². The van der Waals surface area contributed by atoms with Gasteiger partial charge in [-0.3, -0.25) is 0 Å². The van der Waals surface area contributed by atoms with Crippen molar-refractivity contribution in [3.05, 3.63) is 11.5 Å². The minimum atomic E-state index is -0.299. The summed E-state index contributed by atoms with van der Waals surface area (Å²) in [6, 6.07) is 0. The predicted octanol–water partition coefficient (Wildman–Crippen LogP) is 0.0528. The summed E-state index contributed by atoms with van der Waals surface area (Å²) in [4.78, 5) is 12.1. The number of aliphatic hydroxyl groups is 2. The molecule has 1 fully saturated rings. The molecule has 0 spiro atoms. The molecule has 19 heavy (non-hydrogen) atoms. The molecular weight excluding hydrogens is 270 g/mol. The van der Waals surface area contributed by atoms with Crippen molar-refractivity contribution in [2.24, 2.45) is 11.3 Å². The number of aromatic nitrogens is 4. The molecule has 2 heterocycles. The molecule has 0 bridgehead atoms. The summed E-state index contributed by atoms with van der Waals surface area (Å²) >= 11 is 6.07. The third-order valence-corrected chi connectivity index (χ3v) is 4.09. The van der Waals surface area contributed by atoms with E-state index in [2.05, 4.69) is 15.0 Å². The topological polar surface area (TPSA) is 110 Å². The molecule has 3 rings (SSSR count). The van der Waals surface area contributed by atoms with Crippen LogP contribution in [0.25, 0.3) is 11.2 Å². The molecule has 0 aliphatic heterocycles. The van der Waals surface area contributed by atoms with E-state index in [-0.39, 0.29) is 35.6 Å². The third-order valence-electron chi connectivity index (χ3n) is 3.83. The Kier molecular flexibility index (Phi) is 2.84. The van der Waals surface area contributed by atoms with E-state index in [1.165, 1.54) is 0 Å². The number of nitrogen functional groups attached to an aromatic ring is 1. The molecule has 2 atom stereocenters. The maximum Gasteiger partial charge on any atom is 0.223 e. The first kappa shape index (κ1) is 12.6. The van der Waals surface area contributed by atoms with Gasteiger partial charge in [0.2, 0.25) is 5.95 Å². The predicted molar refractivity (Wildman–Crippen MR) is 69.5 cm³/mol. The van der Waals surface area contributed by atoms with Crippen LogP contribution in [-0.2, 0) is 6.54 Å². The fraction of sp³-hybridized carbons (Fsp3) is 0.545. The zero-order chi connectivity index (χ0) is 13.6. The number of fused-ring (bicyclic) bond motifs is 1. The van der Waals surface area contributed by atoms with Crippen LogP contribution in [0.1, 0.15) is 6.42 Å². The van der Waals surface area contributed by atoms with Crippen LogP contribution in [0.3, 0.4) is 0 Å². The Morgan fingerprint density at radius 2 is 2.26 bits per heavy atom. The van der Waals surface area contributed by atoms with Gasteiger partial charge in [0.15, 0.2) is 10.8 Å². The van der Waals surface area contributed by atoms with E-state index in [1.807, 2.05) is 4.57 Å². The summed E-state index contributed by atoms with van der Waals surface area (Å²) in [5, 5.41) is 19.0. The van der Waals surface area contributed by atoms with E-state index in [0.29, 0.717) is 17.7 Å². The lowest BCUT2D eigenvalue weighted by molar-refractivity contribution is 0.159. The summed E-state index contributed by atoms with van der Waals surface area (Å²) in [5.41, 5.74) is 6.26. The minimum Gasteiger partial charge on any atom is -0.396 e. The van der Waals surface area contributed by atoms with Crippen molar-refractivity contribution in [1.82, 2.24) is 19.5 Å². The molecule has 102 valence electrons. The molecule has 0 saturated heterocycles. The van der Waals surface area contributed by atoms with Crippen molar-refractivity contribution in [3.8, 4) is 0 Å². The Morgan fingerprint density at radius 3 is 2.89 bits per heavy atom. The number of halogens is 1. The van der Waals surface area contributed by atoms with Crippen LogP contribution in [0.5, 0.6) is 0 Å². The number of nitrogens with zero attached hydrogens (tertiary/aromatic N) is 4. The standard InChI is InChI=1S/C11H14ClN5O2/c12-8-7-9(16-10(13)15-8)14-5-17(7)3-11(4-19)1-6(11)2-18/h5-6,18-19H,1-4H2,(H2,13,15,16)/t6-,11-/m1/s1. The largest absolute Gasteiger partial charge is 0.396 e. The normalized spacial score (nSPS) is 25.9. The van der Waals surface area contributed by atoms with Crippen LogP contribution in [0.15, 0.2) is 6.33 Å². The number of anilines is 1. The maximum absolute atomic E-state index is 9.51. The highest BCUT2D eigenvalue weighted by atomic mass is 35.5. The second kappa shape index (κ2) is 4.29. The highest BCUT2D eigenvalue weighted by molar-refractivity contribution is 6.33. The summed E-state index contributed by atoms with van der Waals surface area (Å²) < 4.78 is 1.81. The first-order chi connectivity index (χ1) is 9.09. The molecule has 4 N–H and O–H groups in total. The lowest BCUT2D eigenvalue weighted by Crippen LogP contribution is -2.19. The highest BCUT2D eigenvalue weighted by Gasteiger charge is 2.53. The van der Waals surface area contributed by atoms with Crippen molar-refractivity contribution in [2.45, 2.75) is 13.0 Å². The number of hydrogen-bond acceptors (Lipinski definition) is 6. The van der Waals surface area contributed by atoms with Crippen molar-refractivity contribution in [2.75, 3.05) is 18.9 Å². The molecule has 0 unspecified atom stereocenters. The van der Waals surface area contributed by atoms with Crippen LogP contribution >= 0.6 is 11.6 Å². The van der Waals surface area contributed by atoms with Crippen LogP contribution in [0, 0.1) is 11.3 Å². The van der Waals surface area contributed by atoms with E-state index >= 15 is 0 Å². The van der Waals surface area contributed by atoms with E-state index in [9.17, 15) is 10.2 Å². The molecule has 2 aromatic heterocycles. The zero-order valence-corrected chi connectivity index (χ0v) is 10.9. The number of hydrogen-bond donors (Lipinski definition) is 3. The SMILES string of the molecule is Nc1nc(Cl)c2c(ncn2C[C@@]2(CO)C[C@@H]2CO)n1. The summed E-state index contributed by atoms with van der Waals surface area (Å²) in [6.07, 6.45) is 2.39. The van der Waals surface area contributed by atoms with Crippen LogP contribution in [0.2, 0.25) is 5.15 Å². The molecule has 1 aliphatic carbocycles. The van der Waals surface area contributed by atoms with Gasteiger partial charge in [-0.1, -0.05) is 11.6 Å². The minimum absolute atomic E-state index is 0.0192. The van der Waals surface area contributed by atoms with Crippen LogP contribution < -0.4 is 5.73 Å². The molecule has 0 radical (unpaired) electrons. The molecule has 1 aliphatic rings. The van der Waals surface area contributed by atoms with Gasteiger partial charge in [0, 0.05) is 18.6 Å². The second-order valence-electron chi connectivity index (χ2n) is 5.02. The fourth-order valence-corrected chi connectivity index (χ4v) is 2.82. The van der Waals surface area contributed by atoms with Gasteiger partial charge >= 0.3 is 0 Å². The van der Waals surface area contributed by atoms with Gasteiger partial charge in [0.1, 0.15) is 5.52 Å². The van der Waals surface area contributed by atoms with E-state index in [0.717, 1.165) is 6.42 Å². The van der Waals surface area contributed by atoms with Gasteiger partial charge in [-0.2, -0.15) is 9.97 Å². The Bertz CT molecular complexity index is 631. The van der Waals surface area contributed by atoms with Crippen molar-refractivity contribution in [3.63, 3.8) is 0 Å². The van der Waals surface area contributed by atoms with Gasteiger partial charge in [-0.05, 0) is 12.3 Å². The highest BCUT2D eigenvalue weighted by Crippen LogP contribution is 2.53. The van der Waals surface area contributed by atoms with Gasteiger partial charge < -0.3 is 20.5 Å². The monoisotopic (exact) mass is 283 g/mol. The first-order valence-corrected chi connectivity index (χ1v) is 6.33. The van der Waals surface area contributed by atoms with Crippen molar-refractivity contribution in [1.29, 1.82) is 0 Å². The van der Waals surface area contributed by atoms with Gasteiger partial charge in [0.05, 0.1) is 12.9 Å². The van der Waals surface area contributed by atoms with Crippen LogP contribution in [-0.4, -0.2) is 42.9 Å². The average molecular weight is 284 g/mol. The summed E-state index contributed by atoms with van der Waals surface area (Å²) in [7, 11) is 0. The number of imidazole rings is 1.